The average Bonchev–Trinajstić information content (AvgIpc) is 0.921. The van der Waals surface area contributed by atoms with Crippen LogP contribution in [0.1, 0.15) is 108 Å². The molecule has 3 rings (SSSR count). The standard InChI is InChI=1S/C62H89N15O19/c1-4-32(2)51(61(95)96)77-57(91)44(23-25-50(84)85)73-56(90)42(9-7-27-68-62(66)67)71-59(93)46(30-36-14-20-39(80)21-15-36)76-60(94)47(31-48(65)81)74-52(86)33(3)69-54(88)43(22-24-49(82)83)72-55(89)41(8-5-6-26-63)70-58(92)45(29-35-12-18-38(79)19-13-35)75-53(87)40(64)28-34-10-16-37(78)17-11-34/h10-21,32-33,40-47,51,78-80H,4-9,22-31,63-64H2,1-3H3,(H2,65,81)(H,69,88)(H,70,92)(H,71,93)(H,72,89)(H,73,90)(H,74,86)(H,75,87)(H,76,94)(H,77,91)(H,82,83)(H,84,85)(H,95,96)(H4,66,67,68)/t32-,33-,40-,41-,42-,43-,44-,45-,46-,47-,51-/m0/s1. The van der Waals surface area contributed by atoms with Crippen LogP contribution in [-0.4, -0.2) is 187 Å². The molecular formula is C62H89N15O19. The molecule has 10 amide bonds. The van der Waals surface area contributed by atoms with Crippen molar-refractivity contribution < 1.29 is 93.0 Å². The summed E-state index contributed by atoms with van der Waals surface area (Å²) in [5, 5.41) is 80.5. The number of benzene rings is 3. The lowest BCUT2D eigenvalue weighted by atomic mass is 9.98. The second kappa shape index (κ2) is 40.5. The Morgan fingerprint density at radius 2 is 0.792 bits per heavy atom. The van der Waals surface area contributed by atoms with E-state index >= 15 is 0 Å². The molecule has 3 aromatic rings. The van der Waals surface area contributed by atoms with Crippen LogP contribution in [-0.2, 0) is 81.6 Å². The number of nitrogens with one attached hydrogen (secondary N) is 9. The molecule has 0 saturated carbocycles. The van der Waals surface area contributed by atoms with Gasteiger partial charge in [-0.2, -0.15) is 0 Å². The Kier molecular flexibility index (Phi) is 33.6. The highest BCUT2D eigenvalue weighted by atomic mass is 16.4. The fourth-order valence-corrected chi connectivity index (χ4v) is 9.40. The number of phenolic OH excluding ortho intramolecular Hbond substituents is 3. The van der Waals surface area contributed by atoms with Gasteiger partial charge in [0.25, 0.3) is 0 Å². The van der Waals surface area contributed by atoms with Gasteiger partial charge in [-0.3, -0.25) is 62.5 Å². The quantitative estimate of drug-likeness (QED) is 0.0148. The van der Waals surface area contributed by atoms with E-state index in [4.69, 9.17) is 28.7 Å². The van der Waals surface area contributed by atoms with Gasteiger partial charge in [-0.1, -0.05) is 56.7 Å². The number of primary amides is 1. The smallest absolute Gasteiger partial charge is 0.326 e. The Morgan fingerprint density at radius 3 is 1.19 bits per heavy atom. The van der Waals surface area contributed by atoms with Crippen LogP contribution in [0.5, 0.6) is 17.2 Å². The maximum absolute atomic E-state index is 14.5. The van der Waals surface area contributed by atoms with Crippen LogP contribution in [0.4, 0.5) is 0 Å². The van der Waals surface area contributed by atoms with Gasteiger partial charge >= 0.3 is 17.9 Å². The number of rotatable bonds is 43. The van der Waals surface area contributed by atoms with Gasteiger partial charge in [0, 0.05) is 32.2 Å². The molecule has 0 aliphatic heterocycles. The predicted octanol–water partition coefficient (Wildman–Crippen LogP) is -3.54. The fourth-order valence-electron chi connectivity index (χ4n) is 9.40. The molecule has 526 valence electrons. The van der Waals surface area contributed by atoms with Crippen LogP contribution in [0.25, 0.3) is 0 Å². The highest BCUT2D eigenvalue weighted by molar-refractivity contribution is 5.99. The van der Waals surface area contributed by atoms with Gasteiger partial charge in [0.15, 0.2) is 5.96 Å². The molecule has 3 aromatic carbocycles. The van der Waals surface area contributed by atoms with Crippen LogP contribution in [0.2, 0.25) is 0 Å². The third-order valence-electron chi connectivity index (χ3n) is 15.0. The number of nitrogens with two attached hydrogens (primary N) is 5. The molecule has 0 fully saturated rings. The second-order valence-corrected chi connectivity index (χ2v) is 22.9. The Labute approximate surface area is 552 Å². The van der Waals surface area contributed by atoms with Gasteiger partial charge in [-0.15, -0.1) is 0 Å². The molecule has 0 unspecified atom stereocenters. The van der Waals surface area contributed by atoms with Crippen LogP contribution in [0, 0.1) is 5.92 Å². The Morgan fingerprint density at radius 1 is 0.438 bits per heavy atom. The number of carbonyl (C=O) groups excluding carboxylic acids is 10. The van der Waals surface area contributed by atoms with E-state index in [2.05, 4.69) is 52.8 Å². The van der Waals surface area contributed by atoms with Crippen molar-refractivity contribution in [2.45, 2.75) is 171 Å². The molecule has 0 bridgehead atoms. The summed E-state index contributed by atoms with van der Waals surface area (Å²) in [7, 11) is 0. The summed E-state index contributed by atoms with van der Waals surface area (Å²) in [5.41, 5.74) is 29.8. The van der Waals surface area contributed by atoms with E-state index in [0.717, 1.165) is 6.92 Å². The first-order valence-corrected chi connectivity index (χ1v) is 30.8. The van der Waals surface area contributed by atoms with Crippen LogP contribution >= 0.6 is 0 Å². The Hall–Kier alpha value is -10.6. The van der Waals surface area contributed by atoms with Gasteiger partial charge in [0.2, 0.25) is 59.1 Å². The second-order valence-electron chi connectivity index (χ2n) is 22.9. The van der Waals surface area contributed by atoms with Gasteiger partial charge in [0.05, 0.1) is 12.5 Å². The monoisotopic (exact) mass is 1350 g/mol. The van der Waals surface area contributed by atoms with Crippen molar-refractivity contribution in [3.8, 4) is 17.2 Å². The number of hydrogen-bond donors (Lipinski definition) is 20. The minimum absolute atomic E-state index is 0.0110. The lowest BCUT2D eigenvalue weighted by Gasteiger charge is -2.28. The molecule has 34 nitrogen and oxygen atoms in total. The van der Waals surface area contributed by atoms with Crippen molar-refractivity contribution in [3.05, 3.63) is 89.5 Å². The van der Waals surface area contributed by atoms with E-state index in [1.165, 1.54) is 60.7 Å². The number of amides is 10. The lowest BCUT2D eigenvalue weighted by Crippen LogP contribution is -2.61. The van der Waals surface area contributed by atoms with Gasteiger partial charge in [-0.05, 0) is 124 Å². The van der Waals surface area contributed by atoms with Gasteiger partial charge < -0.3 is 107 Å². The number of aliphatic imine (C=N–C) groups is 1. The summed E-state index contributed by atoms with van der Waals surface area (Å²) in [6.07, 6.45) is -3.64. The van der Waals surface area contributed by atoms with Gasteiger partial charge in [0.1, 0.15) is 71.6 Å². The summed E-state index contributed by atoms with van der Waals surface area (Å²) in [6.45, 7) is 4.38. The molecule has 25 N–H and O–H groups in total. The van der Waals surface area contributed by atoms with E-state index in [-0.39, 0.29) is 80.4 Å². The first-order valence-electron chi connectivity index (χ1n) is 30.8. The molecule has 0 heterocycles. The van der Waals surface area contributed by atoms with E-state index in [1.54, 1.807) is 26.0 Å². The lowest BCUT2D eigenvalue weighted by molar-refractivity contribution is -0.144. The molecule has 0 saturated heterocycles. The van der Waals surface area contributed by atoms with Gasteiger partial charge in [-0.25, -0.2) is 4.79 Å². The number of unbranched alkanes of at least 4 members (excludes halogenated alkanes) is 1. The SMILES string of the molecule is CC[C@H](C)[C@H](NC(=O)[C@H](CCC(=O)O)NC(=O)[C@H](CCCN=C(N)N)NC(=O)[C@H](Cc1ccc(O)cc1)NC(=O)[C@H](CC(N)=O)NC(=O)[C@H](C)NC(=O)[C@H](CCC(=O)O)NC(=O)[C@H](CCCCN)NC(=O)[C@H](Cc1ccc(O)cc1)NC(=O)[C@@H](N)Cc1ccc(O)cc1)C(=O)O. The summed E-state index contributed by atoms with van der Waals surface area (Å²) < 4.78 is 0. The molecule has 96 heavy (non-hydrogen) atoms. The van der Waals surface area contributed by atoms with Crippen molar-refractivity contribution in [1.82, 2.24) is 47.9 Å². The summed E-state index contributed by atoms with van der Waals surface area (Å²) >= 11 is 0. The summed E-state index contributed by atoms with van der Waals surface area (Å²) in [5.74, 6) is -16.2. The number of guanidine groups is 1. The minimum atomic E-state index is -1.93. The van der Waals surface area contributed by atoms with Crippen LogP contribution < -0.4 is 76.5 Å². The van der Waals surface area contributed by atoms with Crippen molar-refractivity contribution in [3.63, 3.8) is 0 Å². The first-order chi connectivity index (χ1) is 45.3. The maximum Gasteiger partial charge on any atom is 0.326 e. The fraction of sp³-hybridized carbons (Fsp3) is 0.484. The van der Waals surface area contributed by atoms with E-state index in [1.807, 2.05) is 0 Å². The molecule has 11 atom stereocenters. The van der Waals surface area contributed by atoms with Crippen molar-refractivity contribution in [2.75, 3.05) is 13.1 Å². The summed E-state index contributed by atoms with van der Waals surface area (Å²) in [6, 6.07) is 0.865. The number of aromatic hydroxyl groups is 3. The number of carboxylic acid groups (broad SMARTS) is 3. The highest BCUT2D eigenvalue weighted by Crippen LogP contribution is 2.17. The van der Waals surface area contributed by atoms with Crippen LogP contribution in [0.15, 0.2) is 77.8 Å². The highest BCUT2D eigenvalue weighted by Gasteiger charge is 2.37. The third kappa shape index (κ3) is 29.1. The number of hydrogen-bond acceptors (Lipinski definition) is 19. The zero-order valence-corrected chi connectivity index (χ0v) is 53.4. The molecule has 34 heteroatoms. The number of phenols is 3. The number of aliphatic carboxylic acids is 3. The maximum atomic E-state index is 14.5. The average molecular weight is 1350 g/mol. The molecule has 0 aromatic heterocycles. The van der Waals surface area contributed by atoms with Crippen LogP contribution in [0.3, 0.4) is 0 Å². The normalized spacial score (nSPS) is 14.4. The molecule has 0 spiro atoms. The minimum Gasteiger partial charge on any atom is -0.508 e. The predicted molar refractivity (Wildman–Crippen MR) is 344 cm³/mol. The zero-order chi connectivity index (χ0) is 71.8. The molecule has 0 aliphatic rings. The third-order valence-corrected chi connectivity index (χ3v) is 15.0. The Balaban J connectivity index is 1.94. The summed E-state index contributed by atoms with van der Waals surface area (Å²) in [4.78, 5) is 179. The first kappa shape index (κ1) is 79.6. The topological polar surface area (TPSA) is 594 Å². The van der Waals surface area contributed by atoms with E-state index in [0.29, 0.717) is 24.0 Å². The molecular weight excluding hydrogens is 1260 g/mol. The Bertz CT molecular complexity index is 3190. The number of carboxylic acids is 3. The molecule has 0 aliphatic carbocycles. The zero-order valence-electron chi connectivity index (χ0n) is 53.4. The largest absolute Gasteiger partial charge is 0.508 e. The van der Waals surface area contributed by atoms with E-state index < -0.39 is 182 Å². The van der Waals surface area contributed by atoms with E-state index in [9.17, 15) is 93.0 Å². The van der Waals surface area contributed by atoms with Crippen molar-refractivity contribution in [2.24, 2.45) is 39.6 Å². The number of nitrogens with zero attached hydrogens (tertiary/aromatic N) is 1. The van der Waals surface area contributed by atoms with Crippen molar-refractivity contribution >= 4 is 82.9 Å². The van der Waals surface area contributed by atoms with Crippen molar-refractivity contribution in [1.29, 1.82) is 0 Å². The number of carbonyl (C=O) groups is 13. The molecule has 0 radical (unpaired) electrons.